The Bertz CT molecular complexity index is 2030. The average Bonchev–Trinajstić information content (AvgIpc) is 3.19. The number of azo groups is 2. The second-order valence-electron chi connectivity index (χ2n) is 14.3. The molecule has 0 aliphatic carbocycles. The molecule has 0 bridgehead atoms. The number of aryl methyl sites for hydroxylation is 2. The van der Waals surface area contributed by atoms with E-state index in [0.29, 0.717) is 11.4 Å². The third-order valence-corrected chi connectivity index (χ3v) is 10.1. The highest BCUT2D eigenvalue weighted by atomic mass is 16.3. The molecule has 12 heteroatoms. The maximum Gasteiger partial charge on any atom is 0.271 e. The second kappa shape index (κ2) is 21.9. The maximum absolute atomic E-state index is 13.4. The molecule has 0 amide bonds. The van der Waals surface area contributed by atoms with Crippen molar-refractivity contribution in [2.45, 2.75) is 131 Å². The van der Waals surface area contributed by atoms with Crippen LogP contribution in [0.1, 0.15) is 124 Å². The lowest BCUT2D eigenvalue weighted by atomic mass is 10.0. The Morgan fingerprint density at radius 1 is 0.536 bits per heavy atom. The number of aromatic nitrogens is 2. The van der Waals surface area contributed by atoms with Crippen molar-refractivity contribution >= 4 is 22.7 Å². The van der Waals surface area contributed by atoms with E-state index in [4.69, 9.17) is 0 Å². The summed E-state index contributed by atoms with van der Waals surface area (Å²) in [6.07, 6.45) is 16.5. The Morgan fingerprint density at radius 2 is 0.875 bits per heavy atom. The number of pyridine rings is 2. The number of unbranched alkanes of at least 4 members (excludes halogenated alkanes) is 10. The predicted molar refractivity (Wildman–Crippen MR) is 219 cm³/mol. The van der Waals surface area contributed by atoms with Gasteiger partial charge in [-0.1, -0.05) is 102 Å². The summed E-state index contributed by atoms with van der Waals surface area (Å²) in [5.74, 6) is -1.12. The van der Waals surface area contributed by atoms with E-state index in [9.17, 15) is 30.3 Å². The molecule has 0 radical (unpaired) electrons. The molecule has 12 nitrogen and oxygen atoms in total. The highest BCUT2D eigenvalue weighted by molar-refractivity contribution is 5.60. The number of rotatable bonds is 21. The van der Waals surface area contributed by atoms with Crippen LogP contribution in [-0.4, -0.2) is 19.3 Å². The number of hydrogen-bond donors (Lipinski definition) is 2. The van der Waals surface area contributed by atoms with Crippen molar-refractivity contribution in [1.29, 1.82) is 10.5 Å². The third kappa shape index (κ3) is 11.3. The van der Waals surface area contributed by atoms with Crippen molar-refractivity contribution < 1.29 is 10.2 Å². The van der Waals surface area contributed by atoms with E-state index in [1.165, 1.54) is 89.2 Å². The van der Waals surface area contributed by atoms with Gasteiger partial charge in [-0.05, 0) is 74.9 Å². The lowest BCUT2D eigenvalue weighted by Crippen LogP contribution is -2.30. The molecule has 0 spiro atoms. The van der Waals surface area contributed by atoms with Gasteiger partial charge in [-0.2, -0.15) is 20.8 Å². The molecule has 4 aromatic rings. The monoisotopic (exact) mass is 758 g/mol. The van der Waals surface area contributed by atoms with Crippen LogP contribution in [0.15, 0.2) is 78.6 Å². The van der Waals surface area contributed by atoms with Crippen LogP contribution in [-0.2, 0) is 25.9 Å². The second-order valence-corrected chi connectivity index (χ2v) is 14.3. The van der Waals surface area contributed by atoms with Crippen molar-refractivity contribution in [1.82, 2.24) is 9.13 Å². The summed E-state index contributed by atoms with van der Waals surface area (Å²) in [4.78, 5) is 26.7. The van der Waals surface area contributed by atoms with E-state index in [-0.39, 0.29) is 46.7 Å². The lowest BCUT2D eigenvalue weighted by molar-refractivity contribution is 0.371. The molecular formula is C44H54N8O4. The fourth-order valence-electron chi connectivity index (χ4n) is 6.62. The number of benzene rings is 2. The normalized spacial score (nSPS) is 11.4. The van der Waals surface area contributed by atoms with E-state index in [2.05, 4.69) is 34.3 Å². The Labute approximate surface area is 329 Å². The standard InChI is InChI=1S/C44H54N8O4/c1-5-7-9-11-13-15-17-33-19-23-35(24-20-33)47-49-39-31(3)37(29-45)41(53)51(43(39)55)27-28-52-42(54)38(30-46)32(4)40(44(52)56)50-48-36-25-21-34(22-26-36)18-16-14-12-10-8-6-2/h19-26,55-56H,5-18,27-28H2,1-4H3/b49-47+,50-48+. The average molecular weight is 759 g/mol. The molecule has 4 rings (SSSR count). The topological polar surface area (TPSA) is 181 Å². The largest absolute Gasteiger partial charge is 0.493 e. The molecule has 2 heterocycles. The van der Waals surface area contributed by atoms with Crippen molar-refractivity contribution in [3.05, 3.63) is 103 Å². The highest BCUT2D eigenvalue weighted by Gasteiger charge is 2.22. The van der Waals surface area contributed by atoms with Gasteiger partial charge in [-0.25, -0.2) is 0 Å². The first kappa shape index (κ1) is 42.9. The summed E-state index contributed by atoms with van der Waals surface area (Å²) >= 11 is 0. The molecule has 2 N–H and O–H groups in total. The van der Waals surface area contributed by atoms with Crippen LogP contribution in [0.25, 0.3) is 0 Å². The summed E-state index contributed by atoms with van der Waals surface area (Å²) in [5.41, 5.74) is 1.44. The van der Waals surface area contributed by atoms with Crippen molar-refractivity contribution in [2.24, 2.45) is 20.5 Å². The van der Waals surface area contributed by atoms with Crippen LogP contribution in [0.5, 0.6) is 11.8 Å². The molecule has 0 fully saturated rings. The van der Waals surface area contributed by atoms with Gasteiger partial charge < -0.3 is 10.2 Å². The van der Waals surface area contributed by atoms with Gasteiger partial charge in [-0.15, -0.1) is 10.2 Å². The predicted octanol–water partition coefficient (Wildman–Crippen LogP) is 11.1. The van der Waals surface area contributed by atoms with E-state index in [0.717, 1.165) is 34.8 Å². The molecule has 0 atom stereocenters. The van der Waals surface area contributed by atoms with Gasteiger partial charge in [0.2, 0.25) is 11.8 Å². The van der Waals surface area contributed by atoms with E-state index in [1.54, 1.807) is 0 Å². The SMILES string of the molecule is CCCCCCCCc1ccc(/N=N/c2c(C)c(C#N)c(=O)n(CCn3c(O)c(/N=N/c4ccc(CCCCCCCC)cc4)c(C)c(C#N)c3=O)c2O)cc1. The zero-order chi connectivity index (χ0) is 40.5. The zero-order valence-corrected chi connectivity index (χ0v) is 33.2. The number of nitriles is 2. The molecule has 0 aliphatic rings. The Morgan fingerprint density at radius 3 is 1.21 bits per heavy atom. The molecular weight excluding hydrogens is 705 g/mol. The summed E-state index contributed by atoms with van der Waals surface area (Å²) in [7, 11) is 0. The minimum Gasteiger partial charge on any atom is -0.493 e. The van der Waals surface area contributed by atoms with Gasteiger partial charge in [-0.3, -0.25) is 18.7 Å². The van der Waals surface area contributed by atoms with Gasteiger partial charge in [0.05, 0.1) is 11.4 Å². The Balaban J connectivity index is 1.53. The van der Waals surface area contributed by atoms with Gasteiger partial charge >= 0.3 is 0 Å². The van der Waals surface area contributed by atoms with Gasteiger partial charge in [0.25, 0.3) is 11.1 Å². The fourth-order valence-corrected chi connectivity index (χ4v) is 6.62. The summed E-state index contributed by atoms with van der Waals surface area (Å²) in [6, 6.07) is 19.0. The maximum atomic E-state index is 13.4. The number of aromatic hydroxyl groups is 2. The van der Waals surface area contributed by atoms with Crippen LogP contribution in [0, 0.1) is 36.5 Å². The molecule has 0 unspecified atom stereocenters. The smallest absolute Gasteiger partial charge is 0.271 e. The Kier molecular flexibility index (Phi) is 16.7. The van der Waals surface area contributed by atoms with E-state index >= 15 is 0 Å². The quantitative estimate of drug-likeness (QED) is 0.0629. The number of nitrogens with zero attached hydrogens (tertiary/aromatic N) is 8. The van der Waals surface area contributed by atoms with E-state index in [1.807, 2.05) is 60.7 Å². The molecule has 0 aliphatic heterocycles. The van der Waals surface area contributed by atoms with Gasteiger partial charge in [0.1, 0.15) is 23.3 Å². The van der Waals surface area contributed by atoms with Crippen LogP contribution >= 0.6 is 0 Å². The van der Waals surface area contributed by atoms with Crippen LogP contribution in [0.4, 0.5) is 22.7 Å². The number of hydrogen-bond acceptors (Lipinski definition) is 10. The molecule has 2 aromatic carbocycles. The van der Waals surface area contributed by atoms with Crippen molar-refractivity contribution in [3.63, 3.8) is 0 Å². The first-order valence-electron chi connectivity index (χ1n) is 19.9. The summed E-state index contributed by atoms with van der Waals surface area (Å²) in [5, 5.41) is 59.3. The van der Waals surface area contributed by atoms with Crippen LogP contribution in [0.2, 0.25) is 0 Å². The zero-order valence-electron chi connectivity index (χ0n) is 33.2. The first-order valence-corrected chi connectivity index (χ1v) is 19.9. The minimum atomic E-state index is -0.805. The molecule has 2 aromatic heterocycles. The van der Waals surface area contributed by atoms with Crippen molar-refractivity contribution in [2.75, 3.05) is 0 Å². The minimum absolute atomic E-state index is 0.0806. The van der Waals surface area contributed by atoms with Crippen LogP contribution in [0.3, 0.4) is 0 Å². The molecule has 0 saturated heterocycles. The lowest BCUT2D eigenvalue weighted by Gasteiger charge is -2.16. The van der Waals surface area contributed by atoms with E-state index < -0.39 is 22.9 Å². The summed E-state index contributed by atoms with van der Waals surface area (Å²) in [6.45, 7) is 6.70. The first-order chi connectivity index (χ1) is 27.1. The van der Waals surface area contributed by atoms with Crippen LogP contribution < -0.4 is 11.1 Å². The van der Waals surface area contributed by atoms with Gasteiger partial charge in [0, 0.05) is 24.2 Å². The molecule has 56 heavy (non-hydrogen) atoms. The highest BCUT2D eigenvalue weighted by Crippen LogP contribution is 2.34. The molecule has 294 valence electrons. The summed E-state index contributed by atoms with van der Waals surface area (Å²) < 4.78 is 1.80. The fraction of sp³-hybridized carbons (Fsp3) is 0.455. The molecule has 0 saturated carbocycles. The van der Waals surface area contributed by atoms with Crippen molar-refractivity contribution in [3.8, 4) is 23.9 Å². The third-order valence-electron chi connectivity index (χ3n) is 10.1. The Hall–Kier alpha value is -5.88. The van der Waals surface area contributed by atoms with Gasteiger partial charge in [0.15, 0.2) is 11.4 Å².